The molecule has 1 heterocycles. The molecule has 1 saturated carbocycles. The number of halogens is 1. The number of nitrogens with one attached hydrogen (secondary N) is 1. The van der Waals surface area contributed by atoms with Crippen molar-refractivity contribution in [1.29, 1.82) is 0 Å². The highest BCUT2D eigenvalue weighted by Gasteiger charge is 2.24. The van der Waals surface area contributed by atoms with Crippen LogP contribution in [-0.2, 0) is 6.54 Å². The van der Waals surface area contributed by atoms with Gasteiger partial charge in [-0.05, 0) is 31.0 Å². The van der Waals surface area contributed by atoms with Crippen molar-refractivity contribution in [2.75, 3.05) is 5.32 Å². The van der Waals surface area contributed by atoms with Crippen molar-refractivity contribution in [1.82, 2.24) is 9.55 Å². The molecule has 3 nitrogen and oxygen atoms in total. The second-order valence-corrected chi connectivity index (χ2v) is 4.82. The van der Waals surface area contributed by atoms with E-state index in [0.717, 1.165) is 17.3 Å². The zero-order valence-electron chi connectivity index (χ0n) is 9.44. The minimum Gasteiger partial charge on any atom is -0.379 e. The van der Waals surface area contributed by atoms with Gasteiger partial charge in [0.15, 0.2) is 0 Å². The van der Waals surface area contributed by atoms with Crippen molar-refractivity contribution in [3.05, 3.63) is 47.5 Å². The Hall–Kier alpha value is -1.48. The van der Waals surface area contributed by atoms with Gasteiger partial charge in [0.25, 0.3) is 0 Å². The minimum atomic E-state index is 0.675. The third-order valence-corrected chi connectivity index (χ3v) is 3.22. The molecular weight excluding hydrogens is 234 g/mol. The number of aromatic nitrogens is 2. The lowest BCUT2D eigenvalue weighted by Gasteiger charge is -2.09. The van der Waals surface area contributed by atoms with E-state index in [1.165, 1.54) is 18.5 Å². The summed E-state index contributed by atoms with van der Waals surface area (Å²) >= 11 is 5.94. The molecule has 0 unspecified atom stereocenters. The largest absolute Gasteiger partial charge is 0.379 e. The van der Waals surface area contributed by atoms with E-state index in [1.54, 1.807) is 0 Å². The summed E-state index contributed by atoms with van der Waals surface area (Å²) in [7, 11) is 0. The van der Waals surface area contributed by atoms with Crippen LogP contribution in [0, 0.1) is 0 Å². The van der Waals surface area contributed by atoms with Crippen molar-refractivity contribution in [2.45, 2.75) is 25.4 Å². The van der Waals surface area contributed by atoms with Crippen LogP contribution in [0.15, 0.2) is 36.8 Å². The number of hydrogen-bond donors (Lipinski definition) is 1. The van der Waals surface area contributed by atoms with Crippen molar-refractivity contribution >= 4 is 17.3 Å². The summed E-state index contributed by atoms with van der Waals surface area (Å²) in [6, 6.07) is 8.45. The van der Waals surface area contributed by atoms with E-state index in [1.807, 2.05) is 36.8 Å². The molecule has 1 aliphatic carbocycles. The Kier molecular flexibility index (Phi) is 2.77. The van der Waals surface area contributed by atoms with Gasteiger partial charge in [0.05, 0.1) is 18.6 Å². The fourth-order valence-electron chi connectivity index (χ4n) is 1.94. The molecule has 1 aliphatic rings. The van der Waals surface area contributed by atoms with Crippen LogP contribution in [0.3, 0.4) is 0 Å². The lowest BCUT2D eigenvalue weighted by Crippen LogP contribution is -2.05. The molecule has 0 amide bonds. The van der Waals surface area contributed by atoms with Crippen molar-refractivity contribution in [3.8, 4) is 0 Å². The lowest BCUT2D eigenvalue weighted by atomic mass is 10.3. The third-order valence-electron chi connectivity index (χ3n) is 2.98. The maximum atomic E-state index is 5.94. The maximum Gasteiger partial charge on any atom is 0.0951 e. The third kappa shape index (κ3) is 2.44. The van der Waals surface area contributed by atoms with E-state index >= 15 is 0 Å². The first-order chi connectivity index (χ1) is 8.33. The molecule has 4 heteroatoms. The zero-order chi connectivity index (χ0) is 11.7. The van der Waals surface area contributed by atoms with Crippen LogP contribution in [0.5, 0.6) is 0 Å². The summed E-state index contributed by atoms with van der Waals surface area (Å²) in [4.78, 5) is 4.21. The van der Waals surface area contributed by atoms with Crippen LogP contribution in [-0.4, -0.2) is 9.55 Å². The van der Waals surface area contributed by atoms with Crippen LogP contribution < -0.4 is 5.32 Å². The number of nitrogens with zero attached hydrogens (tertiary/aromatic N) is 2. The molecule has 0 radical (unpaired) electrons. The van der Waals surface area contributed by atoms with Gasteiger partial charge in [-0.3, -0.25) is 0 Å². The number of benzene rings is 1. The van der Waals surface area contributed by atoms with Gasteiger partial charge in [-0.25, -0.2) is 4.98 Å². The highest BCUT2D eigenvalue weighted by atomic mass is 35.5. The second kappa shape index (κ2) is 4.41. The average molecular weight is 248 g/mol. The van der Waals surface area contributed by atoms with Crippen LogP contribution >= 0.6 is 11.6 Å². The molecular formula is C13H14ClN3. The van der Waals surface area contributed by atoms with Crippen LogP contribution in [0.4, 0.5) is 5.69 Å². The Morgan fingerprint density at radius 1 is 1.41 bits per heavy atom. The number of imidazole rings is 1. The van der Waals surface area contributed by atoms with Crippen LogP contribution in [0.2, 0.25) is 5.02 Å². The highest BCUT2D eigenvalue weighted by Crippen LogP contribution is 2.35. The molecule has 0 spiro atoms. The number of anilines is 1. The fourth-order valence-corrected chi connectivity index (χ4v) is 2.13. The summed E-state index contributed by atoms with van der Waals surface area (Å²) in [5.41, 5.74) is 2.27. The van der Waals surface area contributed by atoms with E-state index in [2.05, 4.69) is 14.9 Å². The van der Waals surface area contributed by atoms with E-state index in [-0.39, 0.29) is 0 Å². The molecule has 0 saturated heterocycles. The van der Waals surface area contributed by atoms with Crippen LogP contribution in [0.25, 0.3) is 0 Å². The Balaban J connectivity index is 1.69. The molecule has 3 rings (SSSR count). The summed E-state index contributed by atoms with van der Waals surface area (Å²) in [6.45, 7) is 0.789. The molecule has 0 bridgehead atoms. The Morgan fingerprint density at radius 2 is 2.29 bits per heavy atom. The van der Waals surface area contributed by atoms with Gasteiger partial charge in [0, 0.05) is 22.9 Å². The second-order valence-electron chi connectivity index (χ2n) is 4.39. The predicted molar refractivity (Wildman–Crippen MR) is 69.3 cm³/mol. The molecule has 1 aromatic heterocycles. The van der Waals surface area contributed by atoms with Crippen molar-refractivity contribution in [3.63, 3.8) is 0 Å². The van der Waals surface area contributed by atoms with Gasteiger partial charge >= 0.3 is 0 Å². The van der Waals surface area contributed by atoms with E-state index in [9.17, 15) is 0 Å². The van der Waals surface area contributed by atoms with E-state index in [4.69, 9.17) is 11.6 Å². The predicted octanol–water partition coefficient (Wildman–Crippen LogP) is 3.48. The van der Waals surface area contributed by atoms with Gasteiger partial charge < -0.3 is 9.88 Å². The van der Waals surface area contributed by atoms with Gasteiger partial charge in [-0.15, -0.1) is 0 Å². The van der Waals surface area contributed by atoms with Gasteiger partial charge in [-0.2, -0.15) is 0 Å². The summed E-state index contributed by atoms with van der Waals surface area (Å²) in [5.74, 6) is 0. The monoisotopic (exact) mass is 247 g/mol. The Bertz CT molecular complexity index is 517. The molecule has 2 aromatic rings. The van der Waals surface area contributed by atoms with Gasteiger partial charge in [0.1, 0.15) is 0 Å². The van der Waals surface area contributed by atoms with Gasteiger partial charge in [-0.1, -0.05) is 17.7 Å². The van der Waals surface area contributed by atoms with E-state index in [0.29, 0.717) is 6.04 Å². The fraction of sp³-hybridized carbons (Fsp3) is 0.308. The molecule has 1 aromatic carbocycles. The molecule has 88 valence electrons. The first-order valence-electron chi connectivity index (χ1n) is 5.83. The summed E-state index contributed by atoms with van der Waals surface area (Å²) in [5, 5.41) is 4.12. The standard InChI is InChI=1S/C13H14ClN3/c14-10-2-1-3-11(6-10)16-8-13-7-15-9-17(13)12-4-5-12/h1-3,6-7,9,12,16H,4-5,8H2. The average Bonchev–Trinajstić information content (AvgIpc) is 3.06. The SMILES string of the molecule is Clc1cccc(NCc2cncn2C2CC2)c1. The highest BCUT2D eigenvalue weighted by molar-refractivity contribution is 6.30. The first kappa shape index (κ1) is 10.7. The quantitative estimate of drug-likeness (QED) is 0.897. The maximum absolute atomic E-state index is 5.94. The topological polar surface area (TPSA) is 29.9 Å². The normalized spacial score (nSPS) is 14.9. The first-order valence-corrected chi connectivity index (χ1v) is 6.21. The summed E-state index contributed by atoms with van der Waals surface area (Å²) in [6.07, 6.45) is 6.41. The number of rotatable bonds is 4. The molecule has 17 heavy (non-hydrogen) atoms. The molecule has 1 N–H and O–H groups in total. The molecule has 0 aliphatic heterocycles. The Labute approximate surface area is 105 Å². The minimum absolute atomic E-state index is 0.675. The Morgan fingerprint density at radius 3 is 3.06 bits per heavy atom. The lowest BCUT2D eigenvalue weighted by molar-refractivity contribution is 0.701. The van der Waals surface area contributed by atoms with Crippen molar-refractivity contribution in [2.24, 2.45) is 0 Å². The van der Waals surface area contributed by atoms with Crippen molar-refractivity contribution < 1.29 is 0 Å². The van der Waals surface area contributed by atoms with Crippen LogP contribution in [0.1, 0.15) is 24.6 Å². The number of hydrogen-bond acceptors (Lipinski definition) is 2. The molecule has 1 fully saturated rings. The summed E-state index contributed by atoms with van der Waals surface area (Å²) < 4.78 is 2.26. The smallest absolute Gasteiger partial charge is 0.0951 e. The van der Waals surface area contributed by atoms with E-state index < -0.39 is 0 Å². The zero-order valence-corrected chi connectivity index (χ0v) is 10.2. The van der Waals surface area contributed by atoms with Gasteiger partial charge in [0.2, 0.25) is 0 Å². The molecule has 0 atom stereocenters.